The van der Waals surface area contributed by atoms with Gasteiger partial charge in [-0.1, -0.05) is 24.3 Å². The Morgan fingerprint density at radius 2 is 1.81 bits per heavy atom. The van der Waals surface area contributed by atoms with Crippen LogP contribution in [0.25, 0.3) is 0 Å². The molecule has 0 aliphatic heterocycles. The quantitative estimate of drug-likeness (QED) is 0.767. The van der Waals surface area contributed by atoms with Gasteiger partial charge < -0.3 is 20.0 Å². The number of aryl methyl sites for hydroxylation is 1. The number of nitrogens with one attached hydrogen (secondary N) is 1. The Morgan fingerprint density at radius 1 is 1.14 bits per heavy atom. The van der Waals surface area contributed by atoms with Crippen molar-refractivity contribution in [1.82, 2.24) is 0 Å². The van der Waals surface area contributed by atoms with Gasteiger partial charge in [0.25, 0.3) is 0 Å². The molecule has 1 N–H and O–H groups in total. The third kappa shape index (κ3) is 3.79. The van der Waals surface area contributed by atoms with Gasteiger partial charge in [-0.3, -0.25) is 0 Å². The van der Waals surface area contributed by atoms with Crippen LogP contribution in [0.2, 0.25) is 0 Å². The first kappa shape index (κ1) is 17.6. The molecule has 104 valence electrons. The van der Waals surface area contributed by atoms with Gasteiger partial charge in [-0.25, -0.2) is 0 Å². The minimum atomic E-state index is -1.24. The Bertz CT molecular complexity index is 656. The van der Waals surface area contributed by atoms with E-state index >= 15 is 0 Å². The Kier molecular flexibility index (Phi) is 6.27. The Labute approximate surface area is 146 Å². The topological polar surface area (TPSA) is 61.4 Å². The number of carboxylic acids is 1. The summed E-state index contributed by atoms with van der Waals surface area (Å²) in [6.07, 6.45) is 0. The second kappa shape index (κ2) is 7.50. The van der Waals surface area contributed by atoms with E-state index in [1.807, 2.05) is 32.0 Å². The fourth-order valence-corrected chi connectivity index (χ4v) is 2.02. The molecule has 2 aromatic rings. The number of hydrogen-bond acceptors (Lipinski definition) is 4. The average Bonchev–Trinajstić information content (AvgIpc) is 2.43. The summed E-state index contributed by atoms with van der Waals surface area (Å²) in [5, 5.41) is 14.4. The molecule has 0 amide bonds. The maximum Gasteiger partial charge on any atom is 1.00 e. The summed E-state index contributed by atoms with van der Waals surface area (Å²) in [4.78, 5) is 11.2. The third-order valence-corrected chi connectivity index (χ3v) is 3.33. The second-order valence-electron chi connectivity index (χ2n) is 4.54. The smallest absolute Gasteiger partial charge is 0.545 e. The van der Waals surface area contributed by atoms with Gasteiger partial charge in [-0.05, 0) is 37.1 Å². The first-order valence-electron chi connectivity index (χ1n) is 6.26. The van der Waals surface area contributed by atoms with E-state index in [-0.39, 0.29) is 35.1 Å². The van der Waals surface area contributed by atoms with Crippen LogP contribution >= 0.6 is 0 Å². The fraction of sp³-hybridized carbons (Fsp3) is 0.188. The van der Waals surface area contributed by atoms with E-state index in [2.05, 4.69) is 5.32 Å². The van der Waals surface area contributed by atoms with E-state index in [0.717, 1.165) is 16.8 Å². The van der Waals surface area contributed by atoms with Gasteiger partial charge in [0.1, 0.15) is 5.75 Å². The van der Waals surface area contributed by atoms with E-state index in [1.54, 1.807) is 12.1 Å². The van der Waals surface area contributed by atoms with Crippen LogP contribution < -0.4 is 44.7 Å². The van der Waals surface area contributed by atoms with Crippen LogP contribution in [0.4, 0.5) is 11.4 Å². The molecule has 0 unspecified atom stereocenters. The normalized spacial score (nSPS) is 9.67. The molecule has 0 heterocycles. The van der Waals surface area contributed by atoms with Gasteiger partial charge in [-0.2, -0.15) is 0 Å². The van der Waals surface area contributed by atoms with Gasteiger partial charge >= 0.3 is 29.6 Å². The second-order valence-corrected chi connectivity index (χ2v) is 4.54. The number of hydrogen-bond donors (Lipinski definition) is 1. The summed E-state index contributed by atoms with van der Waals surface area (Å²) < 4.78 is 5.22. The van der Waals surface area contributed by atoms with E-state index in [1.165, 1.54) is 13.2 Å². The standard InChI is InChI=1S/C16H17NO3.Na/c1-10-6-4-8-13(11(10)2)17-15-12(16(18)19)7-5-9-14(15)20-3;/h4-9,17H,1-3H3,(H,18,19);/q;+1/p-1. The fourth-order valence-electron chi connectivity index (χ4n) is 2.02. The molecule has 0 radical (unpaired) electrons. The maximum absolute atomic E-state index is 11.2. The molecule has 0 saturated heterocycles. The molecular weight excluding hydrogens is 277 g/mol. The molecule has 0 aliphatic rings. The summed E-state index contributed by atoms with van der Waals surface area (Å²) in [5.74, 6) is -0.774. The number of rotatable bonds is 4. The zero-order chi connectivity index (χ0) is 14.7. The van der Waals surface area contributed by atoms with E-state index < -0.39 is 5.97 Å². The van der Waals surface area contributed by atoms with Crippen molar-refractivity contribution in [2.45, 2.75) is 13.8 Å². The largest absolute Gasteiger partial charge is 1.00 e. The zero-order valence-corrected chi connectivity index (χ0v) is 14.7. The summed E-state index contributed by atoms with van der Waals surface area (Å²) in [6, 6.07) is 10.6. The zero-order valence-electron chi connectivity index (χ0n) is 12.7. The predicted molar refractivity (Wildman–Crippen MR) is 76.5 cm³/mol. The Balaban J connectivity index is 0.00000220. The molecule has 0 spiro atoms. The molecule has 0 aromatic heterocycles. The van der Waals surface area contributed by atoms with Gasteiger partial charge in [0.05, 0.1) is 18.8 Å². The van der Waals surface area contributed by atoms with Gasteiger partial charge in [0.2, 0.25) is 0 Å². The molecule has 2 rings (SSSR count). The number of carboxylic acid groups (broad SMARTS) is 1. The monoisotopic (exact) mass is 293 g/mol. The summed E-state index contributed by atoms with van der Waals surface area (Å²) in [5.41, 5.74) is 3.51. The molecule has 0 atom stereocenters. The third-order valence-electron chi connectivity index (χ3n) is 3.33. The number of benzene rings is 2. The number of aromatic carboxylic acids is 1. The van der Waals surface area contributed by atoms with Crippen molar-refractivity contribution in [2.75, 3.05) is 12.4 Å². The maximum atomic E-state index is 11.2. The van der Waals surface area contributed by atoms with Crippen molar-refractivity contribution in [1.29, 1.82) is 0 Å². The minimum Gasteiger partial charge on any atom is -0.545 e. The van der Waals surface area contributed by atoms with Crippen LogP contribution in [0.1, 0.15) is 21.5 Å². The van der Waals surface area contributed by atoms with E-state index in [4.69, 9.17) is 4.74 Å². The number of para-hydroxylation sites is 1. The predicted octanol–water partition coefficient (Wildman–Crippen LogP) is -0.577. The van der Waals surface area contributed by atoms with Crippen LogP contribution in [0.15, 0.2) is 36.4 Å². The van der Waals surface area contributed by atoms with E-state index in [9.17, 15) is 9.90 Å². The number of carbonyl (C=O) groups is 1. The van der Waals surface area contributed by atoms with Crippen LogP contribution in [-0.4, -0.2) is 13.1 Å². The van der Waals surface area contributed by atoms with Crippen LogP contribution in [0, 0.1) is 13.8 Å². The number of anilines is 2. The van der Waals surface area contributed by atoms with Crippen molar-refractivity contribution in [3.63, 3.8) is 0 Å². The van der Waals surface area contributed by atoms with Crippen molar-refractivity contribution >= 4 is 17.3 Å². The molecule has 0 aliphatic carbocycles. The Morgan fingerprint density at radius 3 is 2.43 bits per heavy atom. The van der Waals surface area contributed by atoms with Crippen LogP contribution in [0.5, 0.6) is 5.75 Å². The summed E-state index contributed by atoms with van der Waals surface area (Å²) >= 11 is 0. The number of carbonyl (C=O) groups excluding carboxylic acids is 1. The average molecular weight is 293 g/mol. The molecule has 21 heavy (non-hydrogen) atoms. The van der Waals surface area contributed by atoms with Gasteiger partial charge in [0, 0.05) is 11.3 Å². The SMILES string of the molecule is COc1cccc(C(=O)[O-])c1Nc1cccc(C)c1C.[Na+]. The molecule has 0 saturated carbocycles. The summed E-state index contributed by atoms with van der Waals surface area (Å²) in [7, 11) is 1.50. The summed E-state index contributed by atoms with van der Waals surface area (Å²) in [6.45, 7) is 3.98. The van der Waals surface area contributed by atoms with Gasteiger partial charge in [-0.15, -0.1) is 0 Å². The van der Waals surface area contributed by atoms with Crippen molar-refractivity contribution in [3.05, 3.63) is 53.1 Å². The molecule has 2 aromatic carbocycles. The first-order valence-corrected chi connectivity index (χ1v) is 6.26. The minimum absolute atomic E-state index is 0. The van der Waals surface area contributed by atoms with Crippen molar-refractivity contribution in [2.24, 2.45) is 0 Å². The molecule has 0 fully saturated rings. The molecule has 4 nitrogen and oxygen atoms in total. The molecule has 5 heteroatoms. The number of methoxy groups -OCH3 is 1. The Hall–Kier alpha value is -1.49. The first-order chi connectivity index (χ1) is 9.54. The van der Waals surface area contributed by atoms with Crippen LogP contribution in [0.3, 0.4) is 0 Å². The molecule has 0 bridgehead atoms. The van der Waals surface area contributed by atoms with Crippen molar-refractivity contribution in [3.8, 4) is 5.75 Å². The van der Waals surface area contributed by atoms with Crippen LogP contribution in [-0.2, 0) is 0 Å². The number of ether oxygens (including phenoxy) is 1. The van der Waals surface area contributed by atoms with E-state index in [0.29, 0.717) is 11.4 Å². The molecular formula is C16H16NNaO3. The van der Waals surface area contributed by atoms with Crippen molar-refractivity contribution < 1.29 is 44.2 Å². The van der Waals surface area contributed by atoms with Gasteiger partial charge in [0.15, 0.2) is 0 Å².